The van der Waals surface area contributed by atoms with Gasteiger partial charge in [-0.3, -0.25) is 9.59 Å². The Morgan fingerprint density at radius 2 is 0.926 bits per heavy atom. The summed E-state index contributed by atoms with van der Waals surface area (Å²) < 4.78 is 5.90. The zero-order chi connectivity index (χ0) is 39.6. The number of unbranched alkanes of at least 4 members (excludes halogenated alkanes) is 27. The molecule has 0 bridgehead atoms. The van der Waals surface area contributed by atoms with Gasteiger partial charge in [-0.2, -0.15) is 0 Å². The predicted octanol–water partition coefficient (Wildman–Crippen LogP) is 13.6. The number of hydrogen-bond donors (Lipinski definition) is 3. The Balaban J connectivity index is 4.61. The lowest BCUT2D eigenvalue weighted by Gasteiger charge is -2.24. The first-order valence-electron chi connectivity index (χ1n) is 23.6. The lowest BCUT2D eigenvalue weighted by Crippen LogP contribution is -2.46. The second kappa shape index (κ2) is 42.5. The van der Waals surface area contributed by atoms with E-state index in [1.807, 2.05) is 0 Å². The summed E-state index contributed by atoms with van der Waals surface area (Å²) in [6.07, 6.45) is 46.6. The Hall–Kier alpha value is -1.66. The monoisotopic (exact) mass is 762 g/mol. The van der Waals surface area contributed by atoms with Crippen molar-refractivity contribution >= 4 is 11.9 Å². The SMILES string of the molecule is CCCCC/C=C/C=C/CCCCCCC(CC(=O)NC(CO)C(O)CCCCCCCCCCCCC)OC(=O)CCCCCCCCCCCCC. The molecular weight excluding hydrogens is 671 g/mol. The van der Waals surface area contributed by atoms with Crippen molar-refractivity contribution in [3.8, 4) is 0 Å². The van der Waals surface area contributed by atoms with Crippen molar-refractivity contribution in [2.45, 2.75) is 264 Å². The zero-order valence-corrected chi connectivity index (χ0v) is 36.1. The summed E-state index contributed by atoms with van der Waals surface area (Å²) in [5.41, 5.74) is 0. The van der Waals surface area contributed by atoms with Gasteiger partial charge in [0, 0.05) is 6.42 Å². The molecule has 0 aliphatic carbocycles. The van der Waals surface area contributed by atoms with Crippen LogP contribution in [0.1, 0.15) is 245 Å². The first kappa shape index (κ1) is 52.3. The van der Waals surface area contributed by atoms with Gasteiger partial charge in [0.15, 0.2) is 0 Å². The number of amides is 1. The van der Waals surface area contributed by atoms with Crippen LogP contribution >= 0.6 is 0 Å². The summed E-state index contributed by atoms with van der Waals surface area (Å²) in [6.45, 7) is 6.43. The van der Waals surface area contributed by atoms with E-state index >= 15 is 0 Å². The third-order valence-electron chi connectivity index (χ3n) is 10.8. The van der Waals surface area contributed by atoms with Crippen LogP contribution in [0.5, 0.6) is 0 Å². The van der Waals surface area contributed by atoms with Gasteiger partial charge in [-0.1, -0.05) is 206 Å². The highest BCUT2D eigenvalue weighted by molar-refractivity contribution is 5.77. The fourth-order valence-electron chi connectivity index (χ4n) is 7.19. The van der Waals surface area contributed by atoms with Gasteiger partial charge in [0.1, 0.15) is 6.10 Å². The second-order valence-corrected chi connectivity index (χ2v) is 16.2. The molecule has 0 aliphatic rings. The zero-order valence-electron chi connectivity index (χ0n) is 36.1. The smallest absolute Gasteiger partial charge is 0.306 e. The summed E-state index contributed by atoms with van der Waals surface area (Å²) in [4.78, 5) is 26.0. The number of aliphatic hydroxyl groups excluding tert-OH is 2. The number of esters is 1. The van der Waals surface area contributed by atoms with E-state index in [-0.39, 0.29) is 24.9 Å². The van der Waals surface area contributed by atoms with Crippen molar-refractivity contribution in [2.24, 2.45) is 0 Å². The molecule has 0 fully saturated rings. The van der Waals surface area contributed by atoms with Crippen molar-refractivity contribution in [1.82, 2.24) is 5.32 Å². The van der Waals surface area contributed by atoms with E-state index < -0.39 is 18.2 Å². The molecule has 0 saturated carbocycles. The molecular formula is C48H91NO5. The largest absolute Gasteiger partial charge is 0.462 e. The highest BCUT2D eigenvalue weighted by Gasteiger charge is 2.24. The lowest BCUT2D eigenvalue weighted by atomic mass is 10.0. The van der Waals surface area contributed by atoms with Gasteiger partial charge >= 0.3 is 5.97 Å². The Morgan fingerprint density at radius 1 is 0.537 bits per heavy atom. The van der Waals surface area contributed by atoms with Crippen molar-refractivity contribution in [2.75, 3.05) is 6.61 Å². The number of aliphatic hydroxyl groups is 2. The molecule has 3 atom stereocenters. The van der Waals surface area contributed by atoms with Crippen LogP contribution in [0.15, 0.2) is 24.3 Å². The molecule has 0 saturated heterocycles. The quantitative estimate of drug-likeness (QED) is 0.0327. The van der Waals surface area contributed by atoms with Crippen LogP contribution < -0.4 is 5.32 Å². The fraction of sp³-hybridized carbons (Fsp3) is 0.875. The third-order valence-corrected chi connectivity index (χ3v) is 10.8. The van der Waals surface area contributed by atoms with Crippen molar-refractivity contribution in [1.29, 1.82) is 0 Å². The molecule has 6 nitrogen and oxygen atoms in total. The van der Waals surface area contributed by atoms with Crippen molar-refractivity contribution in [3.05, 3.63) is 24.3 Å². The molecule has 54 heavy (non-hydrogen) atoms. The van der Waals surface area contributed by atoms with E-state index in [0.29, 0.717) is 19.3 Å². The summed E-state index contributed by atoms with van der Waals surface area (Å²) in [5.74, 6) is -0.487. The molecule has 3 N–H and O–H groups in total. The molecule has 0 aromatic carbocycles. The Bertz CT molecular complexity index is 858. The molecule has 0 radical (unpaired) electrons. The Kier molecular flexibility index (Phi) is 41.2. The minimum atomic E-state index is -0.787. The Labute approximate surface area is 335 Å². The van der Waals surface area contributed by atoms with Crippen molar-refractivity contribution < 1.29 is 24.5 Å². The minimum Gasteiger partial charge on any atom is -0.462 e. The average Bonchev–Trinajstić information content (AvgIpc) is 3.16. The van der Waals surface area contributed by atoms with E-state index in [4.69, 9.17) is 4.74 Å². The van der Waals surface area contributed by atoms with Crippen molar-refractivity contribution in [3.63, 3.8) is 0 Å². The molecule has 0 aliphatic heterocycles. The molecule has 0 aromatic heterocycles. The van der Waals surface area contributed by atoms with Gasteiger partial charge in [-0.25, -0.2) is 0 Å². The predicted molar refractivity (Wildman–Crippen MR) is 232 cm³/mol. The number of carbonyl (C=O) groups excluding carboxylic acids is 2. The van der Waals surface area contributed by atoms with Crippen LogP contribution in [0.2, 0.25) is 0 Å². The highest BCUT2D eigenvalue weighted by Crippen LogP contribution is 2.17. The van der Waals surface area contributed by atoms with Gasteiger partial charge in [-0.15, -0.1) is 0 Å². The number of nitrogens with one attached hydrogen (secondary N) is 1. The molecule has 0 aromatic rings. The number of rotatable bonds is 42. The van der Waals surface area contributed by atoms with E-state index in [1.54, 1.807) is 0 Å². The number of ether oxygens (including phenoxy) is 1. The number of carbonyl (C=O) groups is 2. The fourth-order valence-corrected chi connectivity index (χ4v) is 7.19. The Morgan fingerprint density at radius 3 is 1.41 bits per heavy atom. The normalized spacial score (nSPS) is 13.5. The van der Waals surface area contributed by atoms with Crippen LogP contribution in [0.4, 0.5) is 0 Å². The first-order chi connectivity index (χ1) is 26.5. The van der Waals surface area contributed by atoms with Gasteiger partial charge in [0.2, 0.25) is 5.91 Å². The highest BCUT2D eigenvalue weighted by atomic mass is 16.5. The van der Waals surface area contributed by atoms with E-state index in [0.717, 1.165) is 77.0 Å². The summed E-state index contributed by atoms with van der Waals surface area (Å²) in [5, 5.41) is 23.6. The van der Waals surface area contributed by atoms with Gasteiger partial charge in [0.25, 0.3) is 0 Å². The molecule has 1 amide bonds. The van der Waals surface area contributed by atoms with Gasteiger partial charge < -0.3 is 20.3 Å². The standard InChI is InChI=1S/C48H91NO5/c1-4-7-10-13-16-19-22-23-26-27-30-33-36-39-44(54-48(53)41-38-35-32-29-25-21-18-15-12-9-6-3)42-47(52)49-45(43-50)46(51)40-37-34-31-28-24-20-17-14-11-8-5-2/h16,19,22-23,44-46,50-51H,4-15,17-18,20-21,24-43H2,1-3H3,(H,49,52)/b19-16+,23-22+. The van der Waals surface area contributed by atoms with Crippen LogP contribution in [0.25, 0.3) is 0 Å². The molecule has 318 valence electrons. The second-order valence-electron chi connectivity index (χ2n) is 16.2. The third kappa shape index (κ3) is 37.3. The van der Waals surface area contributed by atoms with Crippen LogP contribution in [0, 0.1) is 0 Å². The average molecular weight is 762 g/mol. The summed E-state index contributed by atoms with van der Waals surface area (Å²) >= 11 is 0. The summed E-state index contributed by atoms with van der Waals surface area (Å²) in [7, 11) is 0. The topological polar surface area (TPSA) is 95.9 Å². The minimum absolute atomic E-state index is 0.0684. The maximum Gasteiger partial charge on any atom is 0.306 e. The molecule has 3 unspecified atom stereocenters. The molecule has 0 heterocycles. The first-order valence-corrected chi connectivity index (χ1v) is 23.6. The van der Waals surface area contributed by atoms with Gasteiger partial charge in [-0.05, 0) is 51.4 Å². The number of allylic oxidation sites excluding steroid dienone is 4. The molecule has 0 spiro atoms. The van der Waals surface area contributed by atoms with E-state index in [9.17, 15) is 19.8 Å². The molecule has 0 rings (SSSR count). The maximum absolute atomic E-state index is 13.1. The number of hydrogen-bond acceptors (Lipinski definition) is 5. The van der Waals surface area contributed by atoms with E-state index in [2.05, 4.69) is 50.4 Å². The van der Waals surface area contributed by atoms with Gasteiger partial charge in [0.05, 0.1) is 25.2 Å². The maximum atomic E-state index is 13.1. The van der Waals surface area contributed by atoms with Crippen LogP contribution in [-0.2, 0) is 14.3 Å². The van der Waals surface area contributed by atoms with Crippen LogP contribution in [0.3, 0.4) is 0 Å². The summed E-state index contributed by atoms with van der Waals surface area (Å²) in [6, 6.07) is -0.701. The van der Waals surface area contributed by atoms with E-state index in [1.165, 1.54) is 122 Å². The van der Waals surface area contributed by atoms with Crippen LogP contribution in [-0.4, -0.2) is 46.9 Å². The molecule has 6 heteroatoms. The lowest BCUT2D eigenvalue weighted by molar-refractivity contribution is -0.151.